The monoisotopic (exact) mass is 336 g/mol. The lowest BCUT2D eigenvalue weighted by Crippen LogP contribution is -2.49. The number of hydrogen-bond donors (Lipinski definition) is 0. The van der Waals surface area contributed by atoms with E-state index in [9.17, 15) is 4.79 Å². The van der Waals surface area contributed by atoms with E-state index in [1.54, 1.807) is 29.9 Å². The molecule has 0 aromatic carbocycles. The van der Waals surface area contributed by atoms with E-state index in [0.717, 1.165) is 11.6 Å². The second kappa shape index (κ2) is 6.63. The Morgan fingerprint density at radius 3 is 2.48 bits per heavy atom. The molecule has 3 aromatic heterocycles. The normalized spacial score (nSPS) is 14.6. The van der Waals surface area contributed by atoms with Gasteiger partial charge >= 0.3 is 0 Å². The zero-order valence-corrected chi connectivity index (χ0v) is 13.4. The van der Waals surface area contributed by atoms with Gasteiger partial charge in [0.2, 0.25) is 0 Å². The van der Waals surface area contributed by atoms with E-state index in [-0.39, 0.29) is 5.91 Å². The first-order valence-corrected chi connectivity index (χ1v) is 7.92. The number of aromatic nitrogens is 6. The molecule has 0 radical (unpaired) electrons. The Balaban J connectivity index is 1.44. The quantitative estimate of drug-likeness (QED) is 0.684. The topological polar surface area (TPSA) is 92.9 Å². The van der Waals surface area contributed by atoms with Gasteiger partial charge in [-0.1, -0.05) is 0 Å². The smallest absolute Gasteiger partial charge is 0.274 e. The fourth-order valence-electron chi connectivity index (χ4n) is 2.76. The Kier molecular flexibility index (Phi) is 4.03. The summed E-state index contributed by atoms with van der Waals surface area (Å²) < 4.78 is 1.83. The molecule has 1 aliphatic rings. The lowest BCUT2D eigenvalue weighted by Gasteiger charge is -2.35. The SMILES string of the molecule is O=C(c1cnccn1)N1CCN(c2cc(-n3ccnc3)ncn2)CC1. The maximum atomic E-state index is 12.4. The maximum Gasteiger partial charge on any atom is 0.274 e. The predicted octanol–water partition coefficient (Wildman–Crippen LogP) is 0.415. The molecule has 1 amide bonds. The van der Waals surface area contributed by atoms with Crippen LogP contribution in [0.4, 0.5) is 5.82 Å². The first-order valence-electron chi connectivity index (χ1n) is 7.92. The average Bonchev–Trinajstić information content (AvgIpc) is 3.23. The zero-order valence-electron chi connectivity index (χ0n) is 13.4. The van der Waals surface area contributed by atoms with Gasteiger partial charge in [0, 0.05) is 57.0 Å². The number of anilines is 1. The van der Waals surface area contributed by atoms with Crippen LogP contribution in [0, 0.1) is 0 Å². The van der Waals surface area contributed by atoms with Gasteiger partial charge in [-0.05, 0) is 0 Å². The predicted molar refractivity (Wildman–Crippen MR) is 89.3 cm³/mol. The van der Waals surface area contributed by atoms with Gasteiger partial charge in [-0.3, -0.25) is 14.3 Å². The van der Waals surface area contributed by atoms with Crippen molar-refractivity contribution in [1.82, 2.24) is 34.4 Å². The molecule has 126 valence electrons. The van der Waals surface area contributed by atoms with Crippen LogP contribution in [0.2, 0.25) is 0 Å². The van der Waals surface area contributed by atoms with Crippen molar-refractivity contribution < 1.29 is 4.79 Å². The minimum atomic E-state index is -0.0884. The number of hydrogen-bond acceptors (Lipinski definition) is 7. The number of piperazine rings is 1. The van der Waals surface area contributed by atoms with E-state index in [1.807, 2.05) is 16.8 Å². The molecule has 3 aromatic rings. The second-order valence-corrected chi connectivity index (χ2v) is 5.57. The zero-order chi connectivity index (χ0) is 17.1. The summed E-state index contributed by atoms with van der Waals surface area (Å²) in [6, 6.07) is 1.92. The van der Waals surface area contributed by atoms with Gasteiger partial charge in [-0.25, -0.2) is 19.9 Å². The van der Waals surface area contributed by atoms with Gasteiger partial charge in [-0.2, -0.15) is 0 Å². The van der Waals surface area contributed by atoms with Crippen molar-refractivity contribution in [2.24, 2.45) is 0 Å². The molecule has 0 N–H and O–H groups in total. The van der Waals surface area contributed by atoms with E-state index >= 15 is 0 Å². The number of carbonyl (C=O) groups is 1. The summed E-state index contributed by atoms with van der Waals surface area (Å²) in [7, 11) is 0. The molecule has 4 rings (SSSR count). The standard InChI is InChI=1S/C16H16N8O/c25-16(13-10-17-1-2-19-13)23-7-5-22(6-8-23)14-9-15(21-11-20-14)24-4-3-18-12-24/h1-4,9-12H,5-8H2. The molecular weight excluding hydrogens is 320 g/mol. The molecule has 1 fully saturated rings. The fourth-order valence-corrected chi connectivity index (χ4v) is 2.76. The van der Waals surface area contributed by atoms with Crippen LogP contribution in [-0.2, 0) is 0 Å². The van der Waals surface area contributed by atoms with Gasteiger partial charge in [0.05, 0.1) is 6.20 Å². The molecule has 0 unspecified atom stereocenters. The third kappa shape index (κ3) is 3.16. The van der Waals surface area contributed by atoms with Crippen LogP contribution in [-0.4, -0.2) is 66.5 Å². The first kappa shape index (κ1) is 15.2. The summed E-state index contributed by atoms with van der Waals surface area (Å²) in [4.78, 5) is 37.0. The Morgan fingerprint density at radius 1 is 0.920 bits per heavy atom. The van der Waals surface area contributed by atoms with E-state index in [4.69, 9.17) is 0 Å². The van der Waals surface area contributed by atoms with Crippen LogP contribution >= 0.6 is 0 Å². The van der Waals surface area contributed by atoms with Crippen LogP contribution < -0.4 is 4.90 Å². The van der Waals surface area contributed by atoms with E-state index in [0.29, 0.717) is 31.9 Å². The molecule has 0 aliphatic carbocycles. The van der Waals surface area contributed by atoms with Crippen molar-refractivity contribution in [3.63, 3.8) is 0 Å². The van der Waals surface area contributed by atoms with Crippen molar-refractivity contribution in [3.05, 3.63) is 55.4 Å². The summed E-state index contributed by atoms with van der Waals surface area (Å²) in [6.45, 7) is 2.62. The van der Waals surface area contributed by atoms with Crippen molar-refractivity contribution >= 4 is 11.7 Å². The summed E-state index contributed by atoms with van der Waals surface area (Å²) in [5.41, 5.74) is 0.375. The summed E-state index contributed by atoms with van der Waals surface area (Å²) in [6.07, 6.45) is 11.4. The first-order chi connectivity index (χ1) is 12.3. The summed E-state index contributed by atoms with van der Waals surface area (Å²) in [5, 5.41) is 0. The molecule has 9 nitrogen and oxygen atoms in total. The largest absolute Gasteiger partial charge is 0.353 e. The van der Waals surface area contributed by atoms with Crippen molar-refractivity contribution in [2.45, 2.75) is 0 Å². The lowest BCUT2D eigenvalue weighted by molar-refractivity contribution is 0.0740. The molecule has 0 spiro atoms. The van der Waals surface area contributed by atoms with Gasteiger partial charge in [0.25, 0.3) is 5.91 Å². The molecule has 1 aliphatic heterocycles. The Bertz CT molecular complexity index is 844. The van der Waals surface area contributed by atoms with Crippen LogP contribution in [0.3, 0.4) is 0 Å². The van der Waals surface area contributed by atoms with Gasteiger partial charge in [0.1, 0.15) is 30.0 Å². The average molecular weight is 336 g/mol. The fraction of sp³-hybridized carbons (Fsp3) is 0.250. The molecule has 1 saturated heterocycles. The van der Waals surface area contributed by atoms with E-state index in [2.05, 4.69) is 29.8 Å². The number of carbonyl (C=O) groups excluding carboxylic acids is 1. The van der Waals surface area contributed by atoms with E-state index in [1.165, 1.54) is 12.4 Å². The molecule has 9 heteroatoms. The highest BCUT2D eigenvalue weighted by molar-refractivity contribution is 5.92. The number of nitrogens with zero attached hydrogens (tertiary/aromatic N) is 8. The van der Waals surface area contributed by atoms with Crippen molar-refractivity contribution in [2.75, 3.05) is 31.1 Å². The maximum absolute atomic E-state index is 12.4. The third-order valence-electron chi connectivity index (χ3n) is 4.08. The van der Waals surface area contributed by atoms with Crippen molar-refractivity contribution in [3.8, 4) is 5.82 Å². The van der Waals surface area contributed by atoms with Crippen LogP contribution in [0.5, 0.6) is 0 Å². The Hall–Kier alpha value is -3.36. The molecule has 0 bridgehead atoms. The second-order valence-electron chi connectivity index (χ2n) is 5.57. The third-order valence-corrected chi connectivity index (χ3v) is 4.08. The summed E-state index contributed by atoms with van der Waals surface area (Å²) >= 11 is 0. The van der Waals surface area contributed by atoms with Gasteiger partial charge < -0.3 is 9.80 Å². The number of imidazole rings is 1. The minimum absolute atomic E-state index is 0.0884. The number of amides is 1. The highest BCUT2D eigenvalue weighted by Crippen LogP contribution is 2.16. The van der Waals surface area contributed by atoms with Crippen LogP contribution in [0.15, 0.2) is 49.7 Å². The lowest BCUT2D eigenvalue weighted by atomic mass is 10.2. The molecule has 4 heterocycles. The van der Waals surface area contributed by atoms with Crippen LogP contribution in [0.25, 0.3) is 5.82 Å². The van der Waals surface area contributed by atoms with Gasteiger partial charge in [-0.15, -0.1) is 0 Å². The van der Waals surface area contributed by atoms with Crippen molar-refractivity contribution in [1.29, 1.82) is 0 Å². The molecule has 0 saturated carbocycles. The number of rotatable bonds is 3. The minimum Gasteiger partial charge on any atom is -0.353 e. The Morgan fingerprint density at radius 2 is 1.76 bits per heavy atom. The van der Waals surface area contributed by atoms with Gasteiger partial charge in [0.15, 0.2) is 0 Å². The van der Waals surface area contributed by atoms with E-state index < -0.39 is 0 Å². The highest BCUT2D eigenvalue weighted by atomic mass is 16.2. The Labute approximate surface area is 144 Å². The van der Waals surface area contributed by atoms with Crippen LogP contribution in [0.1, 0.15) is 10.5 Å². The molecule has 0 atom stereocenters. The molecular formula is C16H16N8O. The summed E-state index contributed by atoms with van der Waals surface area (Å²) in [5.74, 6) is 1.51. The highest BCUT2D eigenvalue weighted by Gasteiger charge is 2.24. The molecule has 25 heavy (non-hydrogen) atoms.